The number of rotatable bonds is 5. The summed E-state index contributed by atoms with van der Waals surface area (Å²) in [6.07, 6.45) is 3.17. The van der Waals surface area contributed by atoms with Gasteiger partial charge in [-0.15, -0.1) is 0 Å². The third kappa shape index (κ3) is 3.92. The quantitative estimate of drug-likeness (QED) is 0.372. The smallest absolute Gasteiger partial charge is 0.261 e. The Balaban J connectivity index is 1.24. The van der Waals surface area contributed by atoms with Crippen LogP contribution in [0.15, 0.2) is 85.2 Å². The monoisotopic (exact) mass is 488 g/mol. The maximum absolute atomic E-state index is 13.0. The standard InChI is InChI=1S/C28H20N6O3/c1-17-23-14-20(15-30-25(23)34(32-17)21-8-3-2-4-9-21)31-26(35)18-10-11-22-24(13-18)28(37)33(27(22)36)16-19-7-5-6-12-29-19/h2-15H,16H2,1H3,(H,31,35). The van der Waals surface area contributed by atoms with Crippen molar-refractivity contribution in [3.8, 4) is 5.69 Å². The van der Waals surface area contributed by atoms with Gasteiger partial charge in [-0.3, -0.25) is 24.3 Å². The summed E-state index contributed by atoms with van der Waals surface area (Å²) in [5.74, 6) is -1.27. The van der Waals surface area contributed by atoms with Gasteiger partial charge in [0, 0.05) is 17.1 Å². The fourth-order valence-electron chi connectivity index (χ4n) is 4.39. The van der Waals surface area contributed by atoms with Crippen LogP contribution in [-0.2, 0) is 6.54 Å². The molecular weight excluding hydrogens is 468 g/mol. The Morgan fingerprint density at radius 2 is 1.68 bits per heavy atom. The van der Waals surface area contributed by atoms with Gasteiger partial charge in [0.05, 0.1) is 46.6 Å². The summed E-state index contributed by atoms with van der Waals surface area (Å²) in [5, 5.41) is 8.24. The van der Waals surface area contributed by atoms with E-state index in [4.69, 9.17) is 0 Å². The number of benzene rings is 2. The highest BCUT2D eigenvalue weighted by Crippen LogP contribution is 2.27. The Kier molecular flexibility index (Phi) is 5.30. The molecule has 9 nitrogen and oxygen atoms in total. The van der Waals surface area contributed by atoms with Crippen molar-refractivity contribution in [1.29, 1.82) is 0 Å². The number of carbonyl (C=O) groups is 3. The van der Waals surface area contributed by atoms with Crippen LogP contribution in [0, 0.1) is 6.92 Å². The van der Waals surface area contributed by atoms with Gasteiger partial charge in [0.1, 0.15) is 0 Å². The summed E-state index contributed by atoms with van der Waals surface area (Å²) in [6.45, 7) is 1.95. The second kappa shape index (κ2) is 8.80. The fraction of sp³-hybridized carbons (Fsp3) is 0.0714. The third-order valence-corrected chi connectivity index (χ3v) is 6.24. The number of nitrogens with zero attached hydrogens (tertiary/aromatic N) is 5. The molecule has 1 aliphatic heterocycles. The van der Waals surface area contributed by atoms with Crippen LogP contribution < -0.4 is 5.32 Å². The van der Waals surface area contributed by atoms with Crippen molar-refractivity contribution >= 4 is 34.4 Å². The van der Waals surface area contributed by atoms with E-state index >= 15 is 0 Å². The van der Waals surface area contributed by atoms with E-state index in [1.807, 2.05) is 43.3 Å². The second-order valence-corrected chi connectivity index (χ2v) is 8.66. The zero-order valence-electron chi connectivity index (χ0n) is 19.8. The van der Waals surface area contributed by atoms with Crippen LogP contribution in [0.1, 0.15) is 42.5 Å². The van der Waals surface area contributed by atoms with Gasteiger partial charge < -0.3 is 5.32 Å². The lowest BCUT2D eigenvalue weighted by Gasteiger charge is -2.12. The Morgan fingerprint density at radius 1 is 0.892 bits per heavy atom. The minimum absolute atomic E-state index is 0.0659. The minimum atomic E-state index is -0.452. The summed E-state index contributed by atoms with van der Waals surface area (Å²) in [4.78, 5) is 48.7. The fourth-order valence-corrected chi connectivity index (χ4v) is 4.39. The molecule has 6 rings (SSSR count). The molecule has 2 aromatic carbocycles. The molecule has 3 aromatic heterocycles. The summed E-state index contributed by atoms with van der Waals surface area (Å²) in [7, 11) is 0. The van der Waals surface area contributed by atoms with Gasteiger partial charge in [-0.2, -0.15) is 5.10 Å². The molecule has 0 fully saturated rings. The first-order chi connectivity index (χ1) is 18.0. The van der Waals surface area contributed by atoms with E-state index in [-0.39, 0.29) is 23.2 Å². The predicted octanol–water partition coefficient (Wildman–Crippen LogP) is 4.17. The molecule has 4 heterocycles. The lowest BCUT2D eigenvalue weighted by Crippen LogP contribution is -2.29. The molecule has 0 saturated heterocycles. The van der Waals surface area contributed by atoms with Crippen LogP contribution in [-0.4, -0.2) is 42.4 Å². The Labute approximate surface area is 211 Å². The molecule has 180 valence electrons. The van der Waals surface area contributed by atoms with Crippen molar-refractivity contribution in [3.05, 3.63) is 113 Å². The van der Waals surface area contributed by atoms with E-state index in [9.17, 15) is 14.4 Å². The molecule has 1 N–H and O–H groups in total. The average Bonchev–Trinajstić information content (AvgIpc) is 3.38. The number of nitrogens with one attached hydrogen (secondary N) is 1. The molecule has 5 aromatic rings. The van der Waals surface area contributed by atoms with Crippen molar-refractivity contribution in [1.82, 2.24) is 24.6 Å². The highest BCUT2D eigenvalue weighted by Gasteiger charge is 2.36. The van der Waals surface area contributed by atoms with Crippen molar-refractivity contribution in [2.75, 3.05) is 5.32 Å². The van der Waals surface area contributed by atoms with Gasteiger partial charge in [0.15, 0.2) is 5.65 Å². The van der Waals surface area contributed by atoms with Crippen LogP contribution in [0.5, 0.6) is 0 Å². The molecule has 0 radical (unpaired) electrons. The van der Waals surface area contributed by atoms with Gasteiger partial charge >= 0.3 is 0 Å². The Hall–Kier alpha value is -5.18. The number of imide groups is 1. The second-order valence-electron chi connectivity index (χ2n) is 8.66. The third-order valence-electron chi connectivity index (χ3n) is 6.24. The van der Waals surface area contributed by atoms with E-state index in [0.29, 0.717) is 17.0 Å². The van der Waals surface area contributed by atoms with Gasteiger partial charge in [-0.25, -0.2) is 9.67 Å². The minimum Gasteiger partial charge on any atom is -0.321 e. The van der Waals surface area contributed by atoms with Gasteiger partial charge in [0.2, 0.25) is 0 Å². The zero-order valence-corrected chi connectivity index (χ0v) is 19.8. The average molecular weight is 489 g/mol. The van der Waals surface area contributed by atoms with Crippen LogP contribution >= 0.6 is 0 Å². The molecule has 0 atom stereocenters. The molecule has 1 aliphatic rings. The van der Waals surface area contributed by atoms with E-state index in [1.54, 1.807) is 35.3 Å². The summed E-state index contributed by atoms with van der Waals surface area (Å²) in [6, 6.07) is 21.3. The Bertz CT molecular complexity index is 1700. The maximum atomic E-state index is 13.0. The first-order valence-electron chi connectivity index (χ1n) is 11.6. The summed E-state index contributed by atoms with van der Waals surface area (Å²) in [5.41, 5.74) is 4.16. The largest absolute Gasteiger partial charge is 0.321 e. The molecule has 3 amide bonds. The van der Waals surface area contributed by atoms with Crippen molar-refractivity contribution in [2.24, 2.45) is 0 Å². The molecule has 0 saturated carbocycles. The van der Waals surface area contributed by atoms with Crippen LogP contribution in [0.25, 0.3) is 16.7 Å². The van der Waals surface area contributed by atoms with E-state index in [1.165, 1.54) is 18.2 Å². The van der Waals surface area contributed by atoms with Crippen molar-refractivity contribution in [2.45, 2.75) is 13.5 Å². The number of hydrogen-bond acceptors (Lipinski definition) is 6. The topological polar surface area (TPSA) is 110 Å². The van der Waals surface area contributed by atoms with E-state index < -0.39 is 17.7 Å². The van der Waals surface area contributed by atoms with Crippen LogP contribution in [0.4, 0.5) is 5.69 Å². The number of para-hydroxylation sites is 1. The van der Waals surface area contributed by atoms with Gasteiger partial charge in [-0.1, -0.05) is 24.3 Å². The van der Waals surface area contributed by atoms with Crippen LogP contribution in [0.3, 0.4) is 0 Å². The number of amides is 3. The van der Waals surface area contributed by atoms with Gasteiger partial charge in [0.25, 0.3) is 17.7 Å². The molecule has 0 spiro atoms. The van der Waals surface area contributed by atoms with Crippen molar-refractivity contribution < 1.29 is 14.4 Å². The number of aromatic nitrogens is 4. The normalized spacial score (nSPS) is 12.7. The molecule has 9 heteroatoms. The summed E-state index contributed by atoms with van der Waals surface area (Å²) >= 11 is 0. The molecule has 0 bridgehead atoms. The number of hydrogen-bond donors (Lipinski definition) is 1. The van der Waals surface area contributed by atoms with Gasteiger partial charge in [-0.05, 0) is 55.5 Å². The van der Waals surface area contributed by atoms with Crippen molar-refractivity contribution in [3.63, 3.8) is 0 Å². The molecule has 37 heavy (non-hydrogen) atoms. The number of anilines is 1. The first kappa shape index (κ1) is 22.3. The highest BCUT2D eigenvalue weighted by molar-refractivity contribution is 6.22. The predicted molar refractivity (Wildman–Crippen MR) is 136 cm³/mol. The van der Waals surface area contributed by atoms with E-state index in [0.717, 1.165) is 21.7 Å². The molecule has 0 aliphatic carbocycles. The number of fused-ring (bicyclic) bond motifs is 2. The zero-order chi connectivity index (χ0) is 25.5. The maximum Gasteiger partial charge on any atom is 0.261 e. The first-order valence-corrected chi connectivity index (χ1v) is 11.6. The van der Waals surface area contributed by atoms with E-state index in [2.05, 4.69) is 20.4 Å². The number of carbonyl (C=O) groups excluding carboxylic acids is 3. The number of pyridine rings is 2. The highest BCUT2D eigenvalue weighted by atomic mass is 16.2. The lowest BCUT2D eigenvalue weighted by atomic mass is 10.1. The molecule has 0 unspecified atom stereocenters. The SMILES string of the molecule is Cc1nn(-c2ccccc2)c2ncc(NC(=O)c3ccc4c(c3)C(=O)N(Cc3ccccn3)C4=O)cc12. The van der Waals surface area contributed by atoms with Crippen LogP contribution in [0.2, 0.25) is 0 Å². The summed E-state index contributed by atoms with van der Waals surface area (Å²) < 4.78 is 1.76. The molecular formula is C28H20N6O3. The Morgan fingerprint density at radius 3 is 2.46 bits per heavy atom. The number of aryl methyl sites for hydroxylation is 1. The lowest BCUT2D eigenvalue weighted by molar-refractivity contribution is 0.0640.